The Labute approximate surface area is 239 Å². The van der Waals surface area contributed by atoms with Crippen LogP contribution in [-0.4, -0.2) is 79.5 Å². The van der Waals surface area contributed by atoms with Crippen LogP contribution in [0.1, 0.15) is 28.0 Å². The van der Waals surface area contributed by atoms with Crippen molar-refractivity contribution in [3.63, 3.8) is 0 Å². The van der Waals surface area contributed by atoms with Crippen LogP contribution in [0.5, 0.6) is 11.5 Å². The molecule has 0 bridgehead atoms. The van der Waals surface area contributed by atoms with Crippen molar-refractivity contribution >= 4 is 23.3 Å². The fraction of sp³-hybridized carbons (Fsp3) is 0.367. The minimum Gasteiger partial charge on any atom is -0.454 e. The van der Waals surface area contributed by atoms with Crippen LogP contribution in [0, 0.1) is 0 Å². The molecule has 1 fully saturated rings. The topological polar surface area (TPSA) is 131 Å². The zero-order valence-electron chi connectivity index (χ0n) is 23.0. The van der Waals surface area contributed by atoms with Gasteiger partial charge in [-0.2, -0.15) is 0 Å². The number of carbonyl (C=O) groups is 2. The second kappa shape index (κ2) is 13.8. The van der Waals surface area contributed by atoms with Gasteiger partial charge in [-0.25, -0.2) is 4.79 Å². The van der Waals surface area contributed by atoms with Gasteiger partial charge in [0.25, 0.3) is 5.91 Å². The Balaban J connectivity index is 1.17. The number of amides is 3. The number of pyridine rings is 1. The van der Waals surface area contributed by atoms with Crippen LogP contribution in [-0.2, 0) is 17.7 Å². The molecule has 0 radical (unpaired) electrons. The third kappa shape index (κ3) is 7.86. The summed E-state index contributed by atoms with van der Waals surface area (Å²) in [6, 6.07) is 16.2. The summed E-state index contributed by atoms with van der Waals surface area (Å²) in [6.45, 7) is 5.87. The van der Waals surface area contributed by atoms with Crippen molar-refractivity contribution in [2.24, 2.45) is 0 Å². The summed E-state index contributed by atoms with van der Waals surface area (Å²) in [5, 5.41) is 5.84. The zero-order valence-corrected chi connectivity index (χ0v) is 23.0. The first-order chi connectivity index (χ1) is 20.0. The van der Waals surface area contributed by atoms with Gasteiger partial charge < -0.3 is 35.5 Å². The number of morpholine rings is 1. The molecule has 3 heterocycles. The summed E-state index contributed by atoms with van der Waals surface area (Å²) in [7, 11) is 0. The molecule has 0 atom stereocenters. The molecule has 2 aromatic carbocycles. The largest absolute Gasteiger partial charge is 0.454 e. The molecule has 5 rings (SSSR count). The number of benzene rings is 2. The van der Waals surface area contributed by atoms with Crippen molar-refractivity contribution in [3.05, 3.63) is 77.6 Å². The fourth-order valence-electron chi connectivity index (χ4n) is 4.75. The Morgan fingerprint density at radius 3 is 2.61 bits per heavy atom. The van der Waals surface area contributed by atoms with Crippen molar-refractivity contribution < 1.29 is 23.8 Å². The molecule has 3 aromatic rings. The molecule has 0 unspecified atom stereocenters. The third-order valence-corrected chi connectivity index (χ3v) is 7.06. The van der Waals surface area contributed by atoms with Gasteiger partial charge in [0, 0.05) is 45.5 Å². The molecular formula is C30H36N6O5. The number of nitrogens with one attached hydrogen (secondary N) is 2. The first-order valence-electron chi connectivity index (χ1n) is 13.9. The van der Waals surface area contributed by atoms with E-state index < -0.39 is 0 Å². The minimum atomic E-state index is -0.349. The number of nitrogens with zero attached hydrogens (tertiary/aromatic N) is 3. The molecule has 1 aromatic heterocycles. The maximum atomic E-state index is 13.3. The van der Waals surface area contributed by atoms with Crippen molar-refractivity contribution in [2.45, 2.75) is 19.4 Å². The lowest BCUT2D eigenvalue weighted by molar-refractivity contribution is 0.0364. The molecule has 11 heteroatoms. The van der Waals surface area contributed by atoms with E-state index in [1.807, 2.05) is 24.3 Å². The number of nitrogen functional groups attached to an aromatic ring is 1. The highest BCUT2D eigenvalue weighted by Crippen LogP contribution is 2.32. The lowest BCUT2D eigenvalue weighted by Crippen LogP contribution is -2.42. The first kappa shape index (κ1) is 28.2. The van der Waals surface area contributed by atoms with E-state index in [-0.39, 0.29) is 24.4 Å². The Bertz CT molecular complexity index is 1330. The quantitative estimate of drug-likeness (QED) is 0.305. The standard InChI is InChI=1S/C30H36N6O5/c31-24-4-1-2-5-25(24)34-29(37)26-8-6-23(19-33-26)20-36(13-3-12-35-14-16-39-17-15-35)30(38)32-11-10-22-7-9-27-28(18-22)41-21-40-27/h1-2,4-9,18-19H,3,10-17,20-21,31H2,(H,32,38)(H,34,37). The number of nitrogens with two attached hydrogens (primary N) is 1. The third-order valence-electron chi connectivity index (χ3n) is 7.06. The maximum Gasteiger partial charge on any atom is 0.317 e. The SMILES string of the molecule is Nc1ccccc1NC(=O)c1ccc(CN(CCCN2CCOCC2)C(=O)NCCc2ccc3c(c2)OCO3)cn1. The lowest BCUT2D eigenvalue weighted by Gasteiger charge is -2.28. The number of ether oxygens (including phenoxy) is 3. The zero-order chi connectivity index (χ0) is 28.4. The Kier molecular flexibility index (Phi) is 9.50. The maximum absolute atomic E-state index is 13.3. The molecule has 0 aliphatic carbocycles. The summed E-state index contributed by atoms with van der Waals surface area (Å²) in [6.07, 6.45) is 3.14. The fourth-order valence-corrected chi connectivity index (χ4v) is 4.75. The van der Waals surface area contributed by atoms with E-state index in [0.717, 1.165) is 61.9 Å². The van der Waals surface area contributed by atoms with Crippen molar-refractivity contribution in [1.29, 1.82) is 0 Å². The number of rotatable bonds is 11. The summed E-state index contributed by atoms with van der Waals surface area (Å²) in [5.41, 5.74) is 9.11. The average Bonchev–Trinajstić information content (AvgIpc) is 3.47. The molecule has 216 valence electrons. The van der Waals surface area contributed by atoms with Crippen molar-refractivity contribution in [3.8, 4) is 11.5 Å². The van der Waals surface area contributed by atoms with E-state index in [1.54, 1.807) is 41.4 Å². The smallest absolute Gasteiger partial charge is 0.317 e. The van der Waals surface area contributed by atoms with Crippen LogP contribution >= 0.6 is 0 Å². The monoisotopic (exact) mass is 560 g/mol. The molecular weight excluding hydrogens is 524 g/mol. The highest BCUT2D eigenvalue weighted by molar-refractivity contribution is 6.04. The molecule has 2 aliphatic heterocycles. The number of aromatic nitrogens is 1. The van der Waals surface area contributed by atoms with Gasteiger partial charge in [0.05, 0.1) is 24.6 Å². The second-order valence-corrected chi connectivity index (χ2v) is 9.99. The number of hydrogen-bond acceptors (Lipinski definition) is 8. The Morgan fingerprint density at radius 2 is 1.80 bits per heavy atom. The van der Waals surface area contributed by atoms with Crippen LogP contribution in [0.15, 0.2) is 60.8 Å². The Morgan fingerprint density at radius 1 is 1.00 bits per heavy atom. The van der Waals surface area contributed by atoms with Gasteiger partial charge in [-0.1, -0.05) is 24.3 Å². The van der Waals surface area contributed by atoms with E-state index in [4.69, 9.17) is 19.9 Å². The predicted octanol–water partition coefficient (Wildman–Crippen LogP) is 3.12. The lowest BCUT2D eigenvalue weighted by atomic mass is 10.1. The number of para-hydroxylation sites is 2. The molecule has 0 spiro atoms. The van der Waals surface area contributed by atoms with Crippen molar-refractivity contribution in [1.82, 2.24) is 20.1 Å². The van der Waals surface area contributed by atoms with Crippen molar-refractivity contribution in [2.75, 3.05) is 63.8 Å². The number of urea groups is 1. The number of fused-ring (bicyclic) bond motifs is 1. The van der Waals surface area contributed by atoms with Gasteiger partial charge in [-0.05, 0) is 54.3 Å². The van der Waals surface area contributed by atoms with Gasteiger partial charge in [0.15, 0.2) is 11.5 Å². The molecule has 11 nitrogen and oxygen atoms in total. The minimum absolute atomic E-state index is 0.144. The highest BCUT2D eigenvalue weighted by atomic mass is 16.7. The van der Waals surface area contributed by atoms with Gasteiger partial charge in [0.1, 0.15) is 5.69 Å². The van der Waals surface area contributed by atoms with Crippen LogP contribution in [0.25, 0.3) is 0 Å². The summed E-state index contributed by atoms with van der Waals surface area (Å²) >= 11 is 0. The van der Waals surface area contributed by atoms with Crippen LogP contribution in [0.3, 0.4) is 0 Å². The molecule has 1 saturated heterocycles. The number of anilines is 2. The summed E-state index contributed by atoms with van der Waals surface area (Å²) < 4.78 is 16.3. The van der Waals surface area contributed by atoms with Crippen LogP contribution < -0.4 is 25.8 Å². The Hall–Kier alpha value is -4.35. The normalized spacial score (nSPS) is 14.4. The predicted molar refractivity (Wildman–Crippen MR) is 155 cm³/mol. The number of carbonyl (C=O) groups excluding carboxylic acids is 2. The van der Waals surface area contributed by atoms with E-state index in [2.05, 4.69) is 20.5 Å². The average molecular weight is 561 g/mol. The van der Waals surface area contributed by atoms with Crippen LogP contribution in [0.4, 0.5) is 16.2 Å². The van der Waals surface area contributed by atoms with E-state index in [1.165, 1.54) is 0 Å². The van der Waals surface area contributed by atoms with E-state index in [0.29, 0.717) is 37.4 Å². The summed E-state index contributed by atoms with van der Waals surface area (Å²) in [4.78, 5) is 34.4. The molecule has 4 N–H and O–H groups in total. The molecule has 3 amide bonds. The van der Waals surface area contributed by atoms with Gasteiger partial charge in [-0.3, -0.25) is 14.7 Å². The molecule has 0 saturated carbocycles. The van der Waals surface area contributed by atoms with Crippen LogP contribution in [0.2, 0.25) is 0 Å². The van der Waals surface area contributed by atoms with Gasteiger partial charge in [0.2, 0.25) is 6.79 Å². The molecule has 2 aliphatic rings. The van der Waals surface area contributed by atoms with Gasteiger partial charge >= 0.3 is 6.03 Å². The van der Waals surface area contributed by atoms with E-state index >= 15 is 0 Å². The number of hydrogen-bond donors (Lipinski definition) is 3. The first-order valence-corrected chi connectivity index (χ1v) is 13.9. The molecule has 41 heavy (non-hydrogen) atoms. The second-order valence-electron chi connectivity index (χ2n) is 9.99. The van der Waals surface area contributed by atoms with E-state index in [9.17, 15) is 9.59 Å². The highest BCUT2D eigenvalue weighted by Gasteiger charge is 2.18. The van der Waals surface area contributed by atoms with Gasteiger partial charge in [-0.15, -0.1) is 0 Å². The summed E-state index contributed by atoms with van der Waals surface area (Å²) in [5.74, 6) is 1.12.